The van der Waals surface area contributed by atoms with Gasteiger partial charge in [-0.1, -0.05) is 6.92 Å². The predicted octanol–water partition coefficient (Wildman–Crippen LogP) is 0.747. The van der Waals surface area contributed by atoms with E-state index >= 15 is 0 Å². The largest absolute Gasteiger partial charge is 0.313 e. The molecule has 1 aromatic rings. The fraction of sp³-hybridized carbons (Fsp3) is 0.400. The number of rotatable bonds is 3. The number of pyridine rings is 1. The molecule has 82 valence electrons. The number of aromatic nitrogens is 1. The van der Waals surface area contributed by atoms with Crippen LogP contribution < -0.4 is 16.2 Å². The van der Waals surface area contributed by atoms with Crippen LogP contribution >= 0.6 is 0 Å². The van der Waals surface area contributed by atoms with Crippen molar-refractivity contribution in [3.63, 3.8) is 0 Å². The van der Waals surface area contributed by atoms with Crippen LogP contribution in [0.15, 0.2) is 29.5 Å². The maximum absolute atomic E-state index is 5.41. The lowest BCUT2D eigenvalue weighted by Crippen LogP contribution is -2.43. The number of nitrogens with two attached hydrogens (primary N) is 1. The highest BCUT2D eigenvalue weighted by Gasteiger charge is 2.06. The maximum atomic E-state index is 5.41. The number of hydrogen-bond acceptors (Lipinski definition) is 3. The average Bonchev–Trinajstić information content (AvgIpc) is 2.31. The molecule has 5 nitrogen and oxygen atoms in total. The van der Waals surface area contributed by atoms with Crippen LogP contribution in [-0.2, 0) is 0 Å². The van der Waals surface area contributed by atoms with E-state index in [4.69, 9.17) is 5.84 Å². The van der Waals surface area contributed by atoms with E-state index in [-0.39, 0.29) is 0 Å². The molecule has 0 aliphatic rings. The monoisotopic (exact) mass is 207 g/mol. The quantitative estimate of drug-likeness (QED) is 0.332. The number of hydrazine groups is 1. The highest BCUT2D eigenvalue weighted by atomic mass is 15.4. The van der Waals surface area contributed by atoms with E-state index in [1.165, 1.54) is 0 Å². The van der Waals surface area contributed by atoms with Gasteiger partial charge < -0.3 is 4.90 Å². The number of nitrogens with zero attached hydrogens (tertiary/aromatic N) is 3. The van der Waals surface area contributed by atoms with E-state index in [1.54, 1.807) is 12.4 Å². The molecular formula is C10H17N5. The Labute approximate surface area is 90.0 Å². The summed E-state index contributed by atoms with van der Waals surface area (Å²) < 4.78 is 0. The first-order valence-corrected chi connectivity index (χ1v) is 4.94. The molecule has 5 heteroatoms. The van der Waals surface area contributed by atoms with Crippen LogP contribution in [0.4, 0.5) is 5.69 Å². The Bertz CT molecular complexity index is 309. The molecule has 0 bridgehead atoms. The lowest BCUT2D eigenvalue weighted by Gasteiger charge is -2.20. The van der Waals surface area contributed by atoms with Gasteiger partial charge in [-0.05, 0) is 18.6 Å². The molecule has 0 saturated carbocycles. The molecule has 0 atom stereocenters. The summed E-state index contributed by atoms with van der Waals surface area (Å²) >= 11 is 0. The SMILES string of the molecule is CCCN=C(NN)N(C)c1cccnc1. The van der Waals surface area contributed by atoms with Crippen molar-refractivity contribution in [1.82, 2.24) is 10.4 Å². The van der Waals surface area contributed by atoms with Gasteiger partial charge in [0.1, 0.15) is 0 Å². The van der Waals surface area contributed by atoms with Crippen LogP contribution in [0.1, 0.15) is 13.3 Å². The van der Waals surface area contributed by atoms with Crippen LogP contribution in [0.3, 0.4) is 0 Å². The van der Waals surface area contributed by atoms with Crippen molar-refractivity contribution >= 4 is 11.6 Å². The van der Waals surface area contributed by atoms with Crippen LogP contribution in [0.5, 0.6) is 0 Å². The Morgan fingerprint density at radius 2 is 2.47 bits per heavy atom. The van der Waals surface area contributed by atoms with Gasteiger partial charge in [0.2, 0.25) is 5.96 Å². The fourth-order valence-corrected chi connectivity index (χ4v) is 1.14. The summed E-state index contributed by atoms with van der Waals surface area (Å²) in [6.07, 6.45) is 4.49. The molecule has 3 N–H and O–H groups in total. The minimum atomic E-state index is 0.643. The van der Waals surface area contributed by atoms with E-state index in [0.717, 1.165) is 18.7 Å². The van der Waals surface area contributed by atoms with Gasteiger partial charge in [-0.2, -0.15) is 0 Å². The summed E-state index contributed by atoms with van der Waals surface area (Å²) in [6, 6.07) is 3.82. The summed E-state index contributed by atoms with van der Waals surface area (Å²) in [6.45, 7) is 2.83. The maximum Gasteiger partial charge on any atom is 0.212 e. The Kier molecular flexibility index (Phi) is 4.56. The average molecular weight is 207 g/mol. The first-order chi connectivity index (χ1) is 7.29. The van der Waals surface area contributed by atoms with E-state index in [9.17, 15) is 0 Å². The molecule has 0 amide bonds. The van der Waals surface area contributed by atoms with Crippen molar-refractivity contribution in [3.05, 3.63) is 24.5 Å². The lowest BCUT2D eigenvalue weighted by molar-refractivity contribution is 0.888. The Balaban J connectivity index is 2.77. The number of guanidine groups is 1. The smallest absolute Gasteiger partial charge is 0.212 e. The van der Waals surface area contributed by atoms with Crippen molar-refractivity contribution in [2.45, 2.75) is 13.3 Å². The van der Waals surface area contributed by atoms with Crippen molar-refractivity contribution < 1.29 is 0 Å². The van der Waals surface area contributed by atoms with Gasteiger partial charge >= 0.3 is 0 Å². The highest BCUT2D eigenvalue weighted by molar-refractivity contribution is 5.94. The van der Waals surface area contributed by atoms with E-state index in [2.05, 4.69) is 22.3 Å². The molecule has 1 heterocycles. The van der Waals surface area contributed by atoms with Crippen LogP contribution in [0.2, 0.25) is 0 Å². The minimum Gasteiger partial charge on any atom is -0.313 e. The molecule has 0 unspecified atom stereocenters. The molecule has 0 aliphatic carbocycles. The molecule has 0 saturated heterocycles. The number of anilines is 1. The normalized spacial score (nSPS) is 11.3. The molecule has 0 radical (unpaired) electrons. The lowest BCUT2D eigenvalue weighted by atomic mass is 10.4. The van der Waals surface area contributed by atoms with Gasteiger partial charge in [-0.25, -0.2) is 5.84 Å². The molecule has 0 fully saturated rings. The van der Waals surface area contributed by atoms with Gasteiger partial charge in [0.25, 0.3) is 0 Å². The van der Waals surface area contributed by atoms with E-state index < -0.39 is 0 Å². The minimum absolute atomic E-state index is 0.643. The van der Waals surface area contributed by atoms with Crippen molar-refractivity contribution in [2.75, 3.05) is 18.5 Å². The predicted molar refractivity (Wildman–Crippen MR) is 62.6 cm³/mol. The Morgan fingerprint density at radius 1 is 1.67 bits per heavy atom. The van der Waals surface area contributed by atoms with Gasteiger partial charge in [-0.15, -0.1) is 0 Å². The summed E-state index contributed by atoms with van der Waals surface area (Å²) in [5.74, 6) is 6.05. The zero-order valence-electron chi connectivity index (χ0n) is 9.14. The first-order valence-electron chi connectivity index (χ1n) is 4.94. The van der Waals surface area contributed by atoms with Gasteiger partial charge in [-0.3, -0.25) is 15.4 Å². The molecule has 15 heavy (non-hydrogen) atoms. The third kappa shape index (κ3) is 3.21. The third-order valence-corrected chi connectivity index (χ3v) is 1.97. The van der Waals surface area contributed by atoms with Crippen molar-refractivity contribution in [3.8, 4) is 0 Å². The Hall–Kier alpha value is -1.62. The summed E-state index contributed by atoms with van der Waals surface area (Å²) in [5, 5.41) is 0. The molecule has 1 rings (SSSR count). The second-order valence-electron chi connectivity index (χ2n) is 3.12. The fourth-order valence-electron chi connectivity index (χ4n) is 1.14. The molecule has 0 aromatic carbocycles. The molecule has 1 aromatic heterocycles. The summed E-state index contributed by atoms with van der Waals surface area (Å²) in [5.41, 5.74) is 3.53. The first kappa shape index (κ1) is 11.5. The van der Waals surface area contributed by atoms with Gasteiger partial charge in [0.15, 0.2) is 0 Å². The second-order valence-corrected chi connectivity index (χ2v) is 3.12. The van der Waals surface area contributed by atoms with E-state index in [0.29, 0.717) is 5.96 Å². The Morgan fingerprint density at radius 3 is 3.00 bits per heavy atom. The molecule has 0 spiro atoms. The van der Waals surface area contributed by atoms with Crippen LogP contribution in [0.25, 0.3) is 0 Å². The summed E-state index contributed by atoms with van der Waals surface area (Å²) in [4.78, 5) is 10.2. The number of aliphatic imine (C=N–C) groups is 1. The van der Waals surface area contributed by atoms with Gasteiger partial charge in [0.05, 0.1) is 11.9 Å². The third-order valence-electron chi connectivity index (χ3n) is 1.97. The summed E-state index contributed by atoms with van der Waals surface area (Å²) in [7, 11) is 1.89. The topological polar surface area (TPSA) is 66.5 Å². The number of hydrogen-bond donors (Lipinski definition) is 2. The van der Waals surface area contributed by atoms with Crippen LogP contribution in [0, 0.1) is 0 Å². The van der Waals surface area contributed by atoms with Crippen molar-refractivity contribution in [1.29, 1.82) is 0 Å². The molecular weight excluding hydrogens is 190 g/mol. The zero-order valence-corrected chi connectivity index (χ0v) is 9.14. The van der Waals surface area contributed by atoms with E-state index in [1.807, 2.05) is 24.1 Å². The van der Waals surface area contributed by atoms with Gasteiger partial charge in [0, 0.05) is 19.8 Å². The van der Waals surface area contributed by atoms with Crippen LogP contribution in [-0.4, -0.2) is 24.5 Å². The molecule has 0 aliphatic heterocycles. The second kappa shape index (κ2) is 5.98. The highest BCUT2D eigenvalue weighted by Crippen LogP contribution is 2.08. The number of nitrogens with one attached hydrogen (secondary N) is 1. The van der Waals surface area contributed by atoms with Crippen molar-refractivity contribution in [2.24, 2.45) is 10.8 Å². The zero-order chi connectivity index (χ0) is 11.1. The standard InChI is InChI=1S/C10H17N5/c1-3-6-13-10(14-11)15(2)9-5-4-7-12-8-9/h4-5,7-8H,3,6,11H2,1-2H3,(H,13,14).